The van der Waals surface area contributed by atoms with Gasteiger partial charge in [-0.05, 0) is 35.9 Å². The Kier molecular flexibility index (Phi) is 4.87. The molecule has 0 atom stereocenters. The minimum atomic E-state index is 0.00483. The van der Waals surface area contributed by atoms with Crippen molar-refractivity contribution in [3.8, 4) is 0 Å². The summed E-state index contributed by atoms with van der Waals surface area (Å²) >= 11 is 3.34. The van der Waals surface area contributed by atoms with E-state index >= 15 is 0 Å². The molecule has 0 fully saturated rings. The molecule has 2 rings (SSSR count). The second kappa shape index (κ2) is 6.86. The van der Waals surface area contributed by atoms with E-state index in [4.69, 9.17) is 0 Å². The third-order valence-electron chi connectivity index (χ3n) is 2.58. The van der Waals surface area contributed by atoms with Crippen molar-refractivity contribution < 1.29 is 4.79 Å². The van der Waals surface area contributed by atoms with Crippen LogP contribution in [-0.2, 0) is 0 Å². The third kappa shape index (κ3) is 4.34. The second-order valence-electron chi connectivity index (χ2n) is 4.00. The number of hydrogen-bond donors (Lipinski definition) is 0. The van der Waals surface area contributed by atoms with Crippen LogP contribution in [0.5, 0.6) is 0 Å². The molecule has 0 heterocycles. The molecule has 1 nitrogen and oxygen atoms in total. The SMILES string of the molecule is O=C(/C=C\C=C/c1ccccc1)c1ccc(Br)cc1. The van der Waals surface area contributed by atoms with Crippen LogP contribution in [-0.4, -0.2) is 5.78 Å². The first kappa shape index (κ1) is 13.5. The smallest absolute Gasteiger partial charge is 0.185 e. The van der Waals surface area contributed by atoms with E-state index in [1.807, 2.05) is 54.6 Å². The van der Waals surface area contributed by atoms with Crippen molar-refractivity contribution in [2.75, 3.05) is 0 Å². The molecule has 0 spiro atoms. The Bertz CT molecular complexity index is 595. The van der Waals surface area contributed by atoms with Gasteiger partial charge in [0.05, 0.1) is 0 Å². The van der Waals surface area contributed by atoms with E-state index in [2.05, 4.69) is 15.9 Å². The Morgan fingerprint density at radius 1 is 0.895 bits per heavy atom. The number of halogens is 1. The van der Waals surface area contributed by atoms with Crippen molar-refractivity contribution in [3.63, 3.8) is 0 Å². The van der Waals surface area contributed by atoms with Crippen LogP contribution in [0.4, 0.5) is 0 Å². The molecule has 0 aliphatic heterocycles. The average Bonchev–Trinajstić information content (AvgIpc) is 2.45. The van der Waals surface area contributed by atoms with E-state index < -0.39 is 0 Å². The highest BCUT2D eigenvalue weighted by molar-refractivity contribution is 9.10. The number of ketones is 1. The van der Waals surface area contributed by atoms with Gasteiger partial charge in [-0.25, -0.2) is 0 Å². The van der Waals surface area contributed by atoms with Gasteiger partial charge < -0.3 is 0 Å². The number of carbonyl (C=O) groups excluding carboxylic acids is 1. The normalized spacial score (nSPS) is 11.2. The first-order chi connectivity index (χ1) is 9.25. The fraction of sp³-hybridized carbons (Fsp3) is 0. The molecule has 0 bridgehead atoms. The van der Waals surface area contributed by atoms with Crippen LogP contribution in [0.15, 0.2) is 77.3 Å². The van der Waals surface area contributed by atoms with E-state index in [9.17, 15) is 4.79 Å². The van der Waals surface area contributed by atoms with E-state index in [-0.39, 0.29) is 5.78 Å². The maximum Gasteiger partial charge on any atom is 0.185 e. The van der Waals surface area contributed by atoms with Crippen molar-refractivity contribution in [2.24, 2.45) is 0 Å². The maximum atomic E-state index is 11.8. The molecule has 2 heteroatoms. The Labute approximate surface area is 121 Å². The highest BCUT2D eigenvalue weighted by Crippen LogP contribution is 2.11. The third-order valence-corrected chi connectivity index (χ3v) is 3.10. The molecule has 0 N–H and O–H groups in total. The van der Waals surface area contributed by atoms with Crippen molar-refractivity contribution in [1.29, 1.82) is 0 Å². The second-order valence-corrected chi connectivity index (χ2v) is 4.92. The average molecular weight is 313 g/mol. The van der Waals surface area contributed by atoms with Crippen molar-refractivity contribution in [3.05, 3.63) is 88.4 Å². The first-order valence-corrected chi connectivity index (χ1v) is 6.75. The Balaban J connectivity index is 1.97. The van der Waals surface area contributed by atoms with Gasteiger partial charge in [-0.2, -0.15) is 0 Å². The summed E-state index contributed by atoms with van der Waals surface area (Å²) in [4.78, 5) is 11.8. The lowest BCUT2D eigenvalue weighted by Crippen LogP contribution is -1.92. The molecule has 0 amide bonds. The van der Waals surface area contributed by atoms with Gasteiger partial charge in [0.25, 0.3) is 0 Å². The summed E-state index contributed by atoms with van der Waals surface area (Å²) in [7, 11) is 0. The molecular formula is C17H13BrO. The summed E-state index contributed by atoms with van der Waals surface area (Å²) < 4.78 is 0.969. The predicted molar refractivity (Wildman–Crippen MR) is 83.1 cm³/mol. The summed E-state index contributed by atoms with van der Waals surface area (Å²) in [6, 6.07) is 17.3. The largest absolute Gasteiger partial charge is 0.289 e. The van der Waals surface area contributed by atoms with Crippen LogP contribution >= 0.6 is 15.9 Å². The molecule has 0 unspecified atom stereocenters. The van der Waals surface area contributed by atoms with E-state index in [1.165, 1.54) is 0 Å². The van der Waals surface area contributed by atoms with Gasteiger partial charge in [0.2, 0.25) is 0 Å². The first-order valence-electron chi connectivity index (χ1n) is 5.95. The number of allylic oxidation sites excluding steroid dienone is 3. The number of benzene rings is 2. The van der Waals surface area contributed by atoms with Gasteiger partial charge >= 0.3 is 0 Å². The minimum Gasteiger partial charge on any atom is -0.289 e. The van der Waals surface area contributed by atoms with E-state index in [1.54, 1.807) is 24.3 Å². The van der Waals surface area contributed by atoms with Crippen LogP contribution < -0.4 is 0 Å². The van der Waals surface area contributed by atoms with Crippen molar-refractivity contribution in [2.45, 2.75) is 0 Å². The van der Waals surface area contributed by atoms with Crippen LogP contribution in [0.2, 0.25) is 0 Å². The summed E-state index contributed by atoms with van der Waals surface area (Å²) in [6.45, 7) is 0. The van der Waals surface area contributed by atoms with Crippen LogP contribution in [0.1, 0.15) is 15.9 Å². The van der Waals surface area contributed by atoms with Crippen molar-refractivity contribution in [1.82, 2.24) is 0 Å². The Morgan fingerprint density at radius 3 is 2.26 bits per heavy atom. The number of hydrogen-bond acceptors (Lipinski definition) is 1. The Hall–Kier alpha value is -1.93. The molecular weight excluding hydrogens is 300 g/mol. The monoisotopic (exact) mass is 312 g/mol. The fourth-order valence-corrected chi connectivity index (χ4v) is 1.85. The summed E-state index contributed by atoms with van der Waals surface area (Å²) in [5.74, 6) is 0.00483. The number of carbonyl (C=O) groups is 1. The van der Waals surface area contributed by atoms with Gasteiger partial charge in [-0.15, -0.1) is 0 Å². The lowest BCUT2D eigenvalue weighted by Gasteiger charge is -1.95. The van der Waals surface area contributed by atoms with Crippen LogP contribution in [0.25, 0.3) is 6.08 Å². The summed E-state index contributed by atoms with van der Waals surface area (Å²) in [5.41, 5.74) is 1.80. The molecule has 19 heavy (non-hydrogen) atoms. The van der Waals surface area contributed by atoms with Gasteiger partial charge in [-0.3, -0.25) is 4.79 Å². The predicted octanol–water partition coefficient (Wildman–Crippen LogP) is 4.90. The van der Waals surface area contributed by atoms with E-state index in [0.717, 1.165) is 10.0 Å². The Morgan fingerprint density at radius 2 is 1.58 bits per heavy atom. The van der Waals surface area contributed by atoms with Crippen LogP contribution in [0, 0.1) is 0 Å². The van der Waals surface area contributed by atoms with Gasteiger partial charge in [0.15, 0.2) is 5.78 Å². The minimum absolute atomic E-state index is 0.00483. The fourth-order valence-electron chi connectivity index (χ4n) is 1.58. The zero-order chi connectivity index (χ0) is 13.5. The quantitative estimate of drug-likeness (QED) is 0.446. The van der Waals surface area contributed by atoms with Crippen LogP contribution in [0.3, 0.4) is 0 Å². The zero-order valence-corrected chi connectivity index (χ0v) is 11.9. The van der Waals surface area contributed by atoms with Gasteiger partial charge in [-0.1, -0.05) is 64.5 Å². The van der Waals surface area contributed by atoms with E-state index in [0.29, 0.717) is 5.56 Å². The molecule has 2 aromatic rings. The highest BCUT2D eigenvalue weighted by atomic mass is 79.9. The molecule has 0 aliphatic carbocycles. The maximum absolute atomic E-state index is 11.8. The molecule has 94 valence electrons. The summed E-state index contributed by atoms with van der Waals surface area (Å²) in [6.07, 6.45) is 7.16. The standard InChI is InChI=1S/C17H13BrO/c18-16-12-10-15(11-13-16)17(19)9-5-4-8-14-6-2-1-3-7-14/h1-13H/b8-4-,9-5-. The molecule has 0 radical (unpaired) electrons. The van der Waals surface area contributed by atoms with Gasteiger partial charge in [0.1, 0.15) is 0 Å². The number of rotatable bonds is 4. The lowest BCUT2D eigenvalue weighted by atomic mass is 10.1. The van der Waals surface area contributed by atoms with Gasteiger partial charge in [0, 0.05) is 10.0 Å². The zero-order valence-electron chi connectivity index (χ0n) is 10.3. The molecule has 0 saturated carbocycles. The molecule has 0 saturated heterocycles. The highest BCUT2D eigenvalue weighted by Gasteiger charge is 1.99. The topological polar surface area (TPSA) is 17.1 Å². The lowest BCUT2D eigenvalue weighted by molar-refractivity contribution is 0.104. The summed E-state index contributed by atoms with van der Waals surface area (Å²) in [5, 5.41) is 0. The molecule has 2 aromatic carbocycles. The molecule has 0 aromatic heterocycles. The van der Waals surface area contributed by atoms with Crippen molar-refractivity contribution >= 4 is 27.8 Å². The molecule has 0 aliphatic rings.